The van der Waals surface area contributed by atoms with Gasteiger partial charge in [-0.15, -0.1) is 0 Å². The van der Waals surface area contributed by atoms with Crippen molar-refractivity contribution in [3.05, 3.63) is 16.4 Å². The Hall–Kier alpha value is -0.540. The fourth-order valence-corrected chi connectivity index (χ4v) is 3.55. The molecular weight excluding hydrogens is 258 g/mol. The number of aromatic nitrogens is 2. The molecule has 19 heavy (non-hydrogen) atoms. The van der Waals surface area contributed by atoms with E-state index in [1.807, 2.05) is 11.7 Å². The van der Waals surface area contributed by atoms with Crippen molar-refractivity contribution < 1.29 is 0 Å². The predicted molar refractivity (Wildman–Crippen MR) is 80.4 cm³/mol. The molecule has 108 valence electrons. The minimum absolute atomic E-state index is 0.435. The molecule has 0 radical (unpaired) electrons. The van der Waals surface area contributed by atoms with Gasteiger partial charge in [0.15, 0.2) is 0 Å². The van der Waals surface area contributed by atoms with Gasteiger partial charge in [0.1, 0.15) is 0 Å². The van der Waals surface area contributed by atoms with E-state index in [1.54, 1.807) is 0 Å². The lowest BCUT2D eigenvalue weighted by Crippen LogP contribution is -2.20. The molecule has 1 heterocycles. The minimum Gasteiger partial charge on any atom is -0.311 e. The Labute approximate surface area is 121 Å². The van der Waals surface area contributed by atoms with E-state index in [9.17, 15) is 0 Å². The number of hydrogen-bond acceptors (Lipinski definition) is 2. The smallest absolute Gasteiger partial charge is 0.0863 e. The first-order valence-corrected chi connectivity index (χ1v) is 7.52. The van der Waals surface area contributed by atoms with Gasteiger partial charge in [-0.2, -0.15) is 5.10 Å². The highest BCUT2D eigenvalue weighted by Gasteiger charge is 2.63. The molecule has 0 unspecified atom stereocenters. The van der Waals surface area contributed by atoms with Crippen LogP contribution in [0.1, 0.15) is 46.0 Å². The maximum Gasteiger partial charge on any atom is 0.0863 e. The standard InChI is InChI=1S/C15H26ClN3/c1-7-10-13(16)11(19(6)18-10)8-17-9-12-14(2,3)15(12,4)5/h12,17H,7-9H2,1-6H3. The first kappa shape index (κ1) is 14.9. The monoisotopic (exact) mass is 283 g/mol. The summed E-state index contributed by atoms with van der Waals surface area (Å²) in [6.07, 6.45) is 0.884. The number of nitrogens with one attached hydrogen (secondary N) is 1. The van der Waals surface area contributed by atoms with Crippen LogP contribution in [0.3, 0.4) is 0 Å². The van der Waals surface area contributed by atoms with Crippen LogP contribution in [-0.2, 0) is 20.0 Å². The van der Waals surface area contributed by atoms with Crippen LogP contribution in [0, 0.1) is 16.7 Å². The molecule has 0 bridgehead atoms. The fourth-order valence-electron chi connectivity index (χ4n) is 3.19. The quantitative estimate of drug-likeness (QED) is 0.897. The van der Waals surface area contributed by atoms with Gasteiger partial charge in [0, 0.05) is 13.6 Å². The van der Waals surface area contributed by atoms with Gasteiger partial charge in [-0.25, -0.2) is 0 Å². The fraction of sp³-hybridized carbons (Fsp3) is 0.800. The molecule has 0 saturated heterocycles. The van der Waals surface area contributed by atoms with E-state index in [4.69, 9.17) is 11.6 Å². The third kappa shape index (κ3) is 2.31. The molecule has 0 spiro atoms. The van der Waals surface area contributed by atoms with Gasteiger partial charge in [0.05, 0.1) is 16.4 Å². The number of hydrogen-bond donors (Lipinski definition) is 1. The molecule has 3 nitrogen and oxygen atoms in total. The summed E-state index contributed by atoms with van der Waals surface area (Å²) in [7, 11) is 1.97. The number of halogens is 1. The summed E-state index contributed by atoms with van der Waals surface area (Å²) in [6, 6.07) is 0. The van der Waals surface area contributed by atoms with E-state index in [0.717, 1.165) is 41.8 Å². The Kier molecular flexibility index (Phi) is 3.74. The number of aryl methyl sites for hydroxylation is 2. The van der Waals surface area contributed by atoms with Crippen LogP contribution < -0.4 is 5.32 Å². The maximum atomic E-state index is 6.35. The van der Waals surface area contributed by atoms with Gasteiger partial charge in [-0.1, -0.05) is 46.2 Å². The average Bonchev–Trinajstić information content (AvgIpc) is 2.58. The summed E-state index contributed by atoms with van der Waals surface area (Å²) >= 11 is 6.35. The molecule has 0 aliphatic heterocycles. The zero-order chi connectivity index (χ0) is 14.4. The second kappa shape index (κ2) is 4.78. The van der Waals surface area contributed by atoms with Crippen molar-refractivity contribution in [1.82, 2.24) is 15.1 Å². The molecule has 1 aromatic heterocycles. The second-order valence-electron chi connectivity index (χ2n) is 6.81. The predicted octanol–water partition coefficient (Wildman–Crippen LogP) is 3.41. The first-order chi connectivity index (χ1) is 8.73. The van der Waals surface area contributed by atoms with Gasteiger partial charge in [-0.05, 0) is 29.7 Å². The summed E-state index contributed by atoms with van der Waals surface area (Å²) in [5, 5.41) is 8.82. The number of rotatable bonds is 5. The van der Waals surface area contributed by atoms with E-state index in [-0.39, 0.29) is 0 Å². The summed E-state index contributed by atoms with van der Waals surface area (Å²) in [5.74, 6) is 0.734. The molecule has 0 atom stereocenters. The summed E-state index contributed by atoms with van der Waals surface area (Å²) < 4.78 is 1.90. The normalized spacial score (nSPS) is 20.8. The van der Waals surface area contributed by atoms with Crippen molar-refractivity contribution in [1.29, 1.82) is 0 Å². The highest BCUT2D eigenvalue weighted by molar-refractivity contribution is 6.31. The van der Waals surface area contributed by atoms with E-state index >= 15 is 0 Å². The number of nitrogens with zero attached hydrogens (tertiary/aromatic N) is 2. The van der Waals surface area contributed by atoms with Crippen LogP contribution in [0.5, 0.6) is 0 Å². The molecule has 1 saturated carbocycles. The maximum absolute atomic E-state index is 6.35. The third-order valence-corrected chi connectivity index (χ3v) is 5.90. The first-order valence-electron chi connectivity index (χ1n) is 7.14. The average molecular weight is 284 g/mol. The molecule has 1 aliphatic rings. The Morgan fingerprint density at radius 3 is 2.26 bits per heavy atom. The molecule has 1 fully saturated rings. The lowest BCUT2D eigenvalue weighted by atomic mass is 10.0. The summed E-state index contributed by atoms with van der Waals surface area (Å²) in [4.78, 5) is 0. The minimum atomic E-state index is 0.435. The SMILES string of the molecule is CCc1nn(C)c(CNCC2C(C)(C)C2(C)C)c1Cl. The molecule has 0 amide bonds. The lowest BCUT2D eigenvalue weighted by molar-refractivity contribution is 0.457. The van der Waals surface area contributed by atoms with E-state index < -0.39 is 0 Å². The Morgan fingerprint density at radius 1 is 1.26 bits per heavy atom. The van der Waals surface area contributed by atoms with E-state index in [0.29, 0.717) is 10.8 Å². The van der Waals surface area contributed by atoms with Crippen molar-refractivity contribution in [2.75, 3.05) is 6.54 Å². The lowest BCUT2D eigenvalue weighted by Gasteiger charge is -2.07. The van der Waals surface area contributed by atoms with Crippen molar-refractivity contribution in [2.24, 2.45) is 23.8 Å². The zero-order valence-electron chi connectivity index (χ0n) is 13.0. The molecule has 2 rings (SSSR count). The Bertz CT molecular complexity index is 460. The largest absolute Gasteiger partial charge is 0.311 e. The third-order valence-electron chi connectivity index (χ3n) is 5.46. The second-order valence-corrected chi connectivity index (χ2v) is 7.19. The molecule has 1 aromatic rings. The van der Waals surface area contributed by atoms with Crippen LogP contribution in [0.2, 0.25) is 5.02 Å². The van der Waals surface area contributed by atoms with Crippen molar-refractivity contribution >= 4 is 11.6 Å². The molecule has 1 aliphatic carbocycles. The highest BCUT2D eigenvalue weighted by Crippen LogP contribution is 2.67. The van der Waals surface area contributed by atoms with Gasteiger partial charge < -0.3 is 5.32 Å². The zero-order valence-corrected chi connectivity index (χ0v) is 13.7. The van der Waals surface area contributed by atoms with Crippen molar-refractivity contribution in [2.45, 2.75) is 47.6 Å². The molecule has 1 N–H and O–H groups in total. The van der Waals surface area contributed by atoms with Gasteiger partial charge in [-0.3, -0.25) is 4.68 Å². The van der Waals surface area contributed by atoms with Crippen LogP contribution >= 0.6 is 11.6 Å². The molecule has 4 heteroatoms. The van der Waals surface area contributed by atoms with Crippen LogP contribution in [0.15, 0.2) is 0 Å². The van der Waals surface area contributed by atoms with Crippen LogP contribution in [0.4, 0.5) is 0 Å². The van der Waals surface area contributed by atoms with Gasteiger partial charge in [0.25, 0.3) is 0 Å². The molecular formula is C15H26ClN3. The van der Waals surface area contributed by atoms with Gasteiger partial charge >= 0.3 is 0 Å². The summed E-state index contributed by atoms with van der Waals surface area (Å²) in [5.41, 5.74) is 2.96. The highest BCUT2D eigenvalue weighted by atomic mass is 35.5. The topological polar surface area (TPSA) is 29.9 Å². The van der Waals surface area contributed by atoms with Gasteiger partial charge in [0.2, 0.25) is 0 Å². The summed E-state index contributed by atoms with van der Waals surface area (Å²) in [6.45, 7) is 13.3. The van der Waals surface area contributed by atoms with Crippen molar-refractivity contribution in [3.8, 4) is 0 Å². The van der Waals surface area contributed by atoms with Crippen LogP contribution in [-0.4, -0.2) is 16.3 Å². The molecule has 0 aromatic carbocycles. The van der Waals surface area contributed by atoms with Crippen molar-refractivity contribution in [3.63, 3.8) is 0 Å². The Morgan fingerprint density at radius 2 is 1.84 bits per heavy atom. The van der Waals surface area contributed by atoms with E-state index in [1.165, 1.54) is 0 Å². The van der Waals surface area contributed by atoms with E-state index in [2.05, 4.69) is 45.0 Å². The van der Waals surface area contributed by atoms with Crippen LogP contribution in [0.25, 0.3) is 0 Å². The Balaban J connectivity index is 1.93.